The van der Waals surface area contributed by atoms with Crippen molar-refractivity contribution in [2.45, 2.75) is 6.54 Å². The summed E-state index contributed by atoms with van der Waals surface area (Å²) in [5, 5.41) is 5.45. The number of rotatable bonds is 3. The van der Waals surface area contributed by atoms with Crippen LogP contribution in [0.4, 0.5) is 10.5 Å². The lowest BCUT2D eigenvalue weighted by Crippen LogP contribution is -2.28. The van der Waals surface area contributed by atoms with E-state index in [0.717, 1.165) is 8.95 Å². The number of furan rings is 1. The van der Waals surface area contributed by atoms with Gasteiger partial charge in [0, 0.05) is 8.95 Å². The third-order valence-corrected chi connectivity index (χ3v) is 3.36. The van der Waals surface area contributed by atoms with E-state index < -0.39 is 0 Å². The average Bonchev–Trinajstić information content (AvgIpc) is 2.84. The Kier molecular flexibility index (Phi) is 4.43. The second-order valence-electron chi connectivity index (χ2n) is 3.51. The molecule has 0 bridgehead atoms. The zero-order valence-corrected chi connectivity index (χ0v) is 12.4. The lowest BCUT2D eigenvalue weighted by molar-refractivity contribution is 0.251. The predicted molar refractivity (Wildman–Crippen MR) is 76.4 cm³/mol. The number of urea groups is 1. The molecular weight excluding hydrogens is 364 g/mol. The normalized spacial score (nSPS) is 10.1. The van der Waals surface area contributed by atoms with E-state index in [9.17, 15) is 4.79 Å². The highest BCUT2D eigenvalue weighted by atomic mass is 79.9. The summed E-state index contributed by atoms with van der Waals surface area (Å²) in [6, 6.07) is 8.85. The molecule has 1 heterocycles. The first kappa shape index (κ1) is 13.2. The molecule has 0 aliphatic carbocycles. The molecular formula is C12H10Br2N2O2. The fourth-order valence-electron chi connectivity index (χ4n) is 1.34. The second-order valence-corrected chi connectivity index (χ2v) is 5.28. The van der Waals surface area contributed by atoms with Gasteiger partial charge in [-0.2, -0.15) is 0 Å². The summed E-state index contributed by atoms with van der Waals surface area (Å²) in [6.45, 7) is 0.352. The zero-order valence-electron chi connectivity index (χ0n) is 9.24. The molecule has 0 radical (unpaired) electrons. The summed E-state index contributed by atoms with van der Waals surface area (Å²) in [4.78, 5) is 11.7. The Morgan fingerprint density at radius 3 is 2.83 bits per heavy atom. The number of anilines is 1. The Hall–Kier alpha value is -1.27. The summed E-state index contributed by atoms with van der Waals surface area (Å²) in [6.07, 6.45) is 1.57. The van der Waals surface area contributed by atoms with Gasteiger partial charge < -0.3 is 15.1 Å². The van der Waals surface area contributed by atoms with Gasteiger partial charge in [-0.1, -0.05) is 15.9 Å². The average molecular weight is 374 g/mol. The van der Waals surface area contributed by atoms with E-state index in [0.29, 0.717) is 18.0 Å². The van der Waals surface area contributed by atoms with Gasteiger partial charge in [0.25, 0.3) is 0 Å². The summed E-state index contributed by atoms with van der Waals surface area (Å²) in [7, 11) is 0. The third kappa shape index (κ3) is 3.61. The van der Waals surface area contributed by atoms with E-state index in [1.54, 1.807) is 18.4 Å². The first-order chi connectivity index (χ1) is 8.65. The molecule has 2 rings (SSSR count). The van der Waals surface area contributed by atoms with Crippen molar-refractivity contribution in [1.82, 2.24) is 5.32 Å². The summed E-state index contributed by atoms with van der Waals surface area (Å²) >= 11 is 6.72. The topological polar surface area (TPSA) is 54.3 Å². The molecule has 0 spiro atoms. The lowest BCUT2D eigenvalue weighted by Gasteiger charge is -2.08. The molecule has 0 fully saturated rings. The van der Waals surface area contributed by atoms with Crippen LogP contribution in [0.25, 0.3) is 0 Å². The minimum Gasteiger partial charge on any atom is -0.467 e. The van der Waals surface area contributed by atoms with Crippen molar-refractivity contribution >= 4 is 43.6 Å². The van der Waals surface area contributed by atoms with Gasteiger partial charge in [0.1, 0.15) is 5.76 Å². The van der Waals surface area contributed by atoms with E-state index in [1.807, 2.05) is 18.2 Å². The molecule has 94 valence electrons. The maximum Gasteiger partial charge on any atom is 0.319 e. The van der Waals surface area contributed by atoms with Crippen molar-refractivity contribution in [2.24, 2.45) is 0 Å². The molecule has 0 aliphatic heterocycles. The van der Waals surface area contributed by atoms with E-state index in [4.69, 9.17) is 4.42 Å². The van der Waals surface area contributed by atoms with Crippen LogP contribution in [-0.2, 0) is 6.54 Å². The van der Waals surface area contributed by atoms with Gasteiger partial charge in [0.05, 0.1) is 18.5 Å². The molecule has 2 N–H and O–H groups in total. The largest absolute Gasteiger partial charge is 0.467 e. The Morgan fingerprint density at radius 1 is 1.28 bits per heavy atom. The van der Waals surface area contributed by atoms with Gasteiger partial charge in [0.2, 0.25) is 0 Å². The Labute approximate surface area is 121 Å². The maximum absolute atomic E-state index is 11.7. The summed E-state index contributed by atoms with van der Waals surface area (Å²) < 4.78 is 6.83. The van der Waals surface area contributed by atoms with Gasteiger partial charge in [-0.25, -0.2) is 4.79 Å². The van der Waals surface area contributed by atoms with Crippen molar-refractivity contribution in [3.8, 4) is 0 Å². The van der Waals surface area contributed by atoms with E-state index in [-0.39, 0.29) is 6.03 Å². The molecule has 0 unspecified atom stereocenters. The van der Waals surface area contributed by atoms with Crippen molar-refractivity contribution in [3.05, 3.63) is 51.3 Å². The molecule has 6 heteroatoms. The van der Waals surface area contributed by atoms with Crippen LogP contribution in [0.15, 0.2) is 50.0 Å². The first-order valence-corrected chi connectivity index (χ1v) is 6.76. The molecule has 4 nitrogen and oxygen atoms in total. The van der Waals surface area contributed by atoms with Crippen LogP contribution in [-0.4, -0.2) is 6.03 Å². The number of benzene rings is 1. The molecule has 0 atom stereocenters. The standard InChI is InChI=1S/C12H10Br2N2O2/c13-8-3-4-10(14)11(6-8)16-12(17)15-7-9-2-1-5-18-9/h1-6H,7H2,(H2,15,16,17). The SMILES string of the molecule is O=C(NCc1ccco1)Nc1cc(Br)ccc1Br. The van der Waals surface area contributed by atoms with Crippen LogP contribution in [0.3, 0.4) is 0 Å². The summed E-state index contributed by atoms with van der Waals surface area (Å²) in [5.74, 6) is 0.707. The molecule has 2 amide bonds. The van der Waals surface area contributed by atoms with Crippen LogP contribution in [0, 0.1) is 0 Å². The minimum atomic E-state index is -0.287. The Morgan fingerprint density at radius 2 is 2.11 bits per heavy atom. The molecule has 0 saturated carbocycles. The predicted octanol–water partition coefficient (Wildman–Crippen LogP) is 4.13. The zero-order chi connectivity index (χ0) is 13.0. The number of amides is 2. The van der Waals surface area contributed by atoms with Crippen LogP contribution < -0.4 is 10.6 Å². The van der Waals surface area contributed by atoms with Crippen LogP contribution in [0.5, 0.6) is 0 Å². The van der Waals surface area contributed by atoms with Gasteiger partial charge in [0.15, 0.2) is 0 Å². The smallest absolute Gasteiger partial charge is 0.319 e. The number of halogens is 2. The highest BCUT2D eigenvalue weighted by Crippen LogP contribution is 2.25. The van der Waals surface area contributed by atoms with Crippen LogP contribution in [0.2, 0.25) is 0 Å². The van der Waals surface area contributed by atoms with Crippen LogP contribution >= 0.6 is 31.9 Å². The number of carbonyl (C=O) groups excluding carboxylic acids is 1. The number of carbonyl (C=O) groups is 1. The van der Waals surface area contributed by atoms with Gasteiger partial charge in [-0.3, -0.25) is 0 Å². The van der Waals surface area contributed by atoms with Crippen molar-refractivity contribution in [2.75, 3.05) is 5.32 Å². The third-order valence-electron chi connectivity index (χ3n) is 2.18. The fourth-order valence-corrected chi connectivity index (χ4v) is 2.05. The molecule has 18 heavy (non-hydrogen) atoms. The Bertz CT molecular complexity index is 541. The van der Waals surface area contributed by atoms with Gasteiger partial charge in [-0.05, 0) is 46.3 Å². The maximum atomic E-state index is 11.7. The monoisotopic (exact) mass is 372 g/mol. The molecule has 0 aliphatic rings. The quantitative estimate of drug-likeness (QED) is 0.849. The minimum absolute atomic E-state index is 0.287. The van der Waals surface area contributed by atoms with Gasteiger partial charge >= 0.3 is 6.03 Å². The number of nitrogens with one attached hydrogen (secondary N) is 2. The highest BCUT2D eigenvalue weighted by molar-refractivity contribution is 9.11. The van der Waals surface area contributed by atoms with Crippen molar-refractivity contribution in [1.29, 1.82) is 0 Å². The second kappa shape index (κ2) is 6.06. The summed E-state index contributed by atoms with van der Waals surface area (Å²) in [5.41, 5.74) is 0.696. The molecule has 0 saturated heterocycles. The van der Waals surface area contributed by atoms with E-state index in [1.165, 1.54) is 0 Å². The first-order valence-electron chi connectivity index (χ1n) is 5.17. The van der Waals surface area contributed by atoms with E-state index >= 15 is 0 Å². The lowest BCUT2D eigenvalue weighted by atomic mass is 10.3. The number of hydrogen-bond acceptors (Lipinski definition) is 2. The van der Waals surface area contributed by atoms with Crippen molar-refractivity contribution in [3.63, 3.8) is 0 Å². The highest BCUT2D eigenvalue weighted by Gasteiger charge is 2.06. The van der Waals surface area contributed by atoms with E-state index in [2.05, 4.69) is 42.5 Å². The van der Waals surface area contributed by atoms with Gasteiger partial charge in [-0.15, -0.1) is 0 Å². The molecule has 1 aromatic heterocycles. The molecule has 2 aromatic rings. The van der Waals surface area contributed by atoms with Crippen LogP contribution in [0.1, 0.15) is 5.76 Å². The molecule has 1 aromatic carbocycles. The number of hydrogen-bond donors (Lipinski definition) is 2. The van der Waals surface area contributed by atoms with Crippen molar-refractivity contribution < 1.29 is 9.21 Å². The fraction of sp³-hybridized carbons (Fsp3) is 0.0833. The Balaban J connectivity index is 1.92.